The third-order valence-electron chi connectivity index (χ3n) is 5.62. The van der Waals surface area contributed by atoms with E-state index in [1.807, 2.05) is 66.7 Å². The lowest BCUT2D eigenvalue weighted by atomic mass is 10.2. The molecular formula is C26H18ClN5O2S. The number of halogens is 1. The van der Waals surface area contributed by atoms with Crippen LogP contribution in [0.25, 0.3) is 33.5 Å². The van der Waals surface area contributed by atoms with E-state index < -0.39 is 0 Å². The lowest BCUT2D eigenvalue weighted by Crippen LogP contribution is -2.10. The van der Waals surface area contributed by atoms with Crippen LogP contribution in [0, 0.1) is 0 Å². The Morgan fingerprint density at radius 3 is 2.54 bits per heavy atom. The summed E-state index contributed by atoms with van der Waals surface area (Å²) in [6, 6.07) is 25.2. The Labute approximate surface area is 208 Å². The van der Waals surface area contributed by atoms with Crippen molar-refractivity contribution in [1.29, 1.82) is 0 Å². The van der Waals surface area contributed by atoms with Crippen LogP contribution in [0.5, 0.6) is 0 Å². The fourth-order valence-corrected chi connectivity index (χ4v) is 4.90. The van der Waals surface area contributed by atoms with Crippen molar-refractivity contribution in [3.63, 3.8) is 0 Å². The summed E-state index contributed by atoms with van der Waals surface area (Å²) in [4.78, 5) is 20.2. The van der Waals surface area contributed by atoms with Crippen LogP contribution in [-0.2, 0) is 12.3 Å². The molecule has 0 unspecified atom stereocenters. The summed E-state index contributed by atoms with van der Waals surface area (Å²) in [7, 11) is 0. The van der Waals surface area contributed by atoms with Gasteiger partial charge < -0.3 is 9.40 Å². The van der Waals surface area contributed by atoms with Gasteiger partial charge in [-0.15, -0.1) is 10.2 Å². The lowest BCUT2D eigenvalue weighted by Gasteiger charge is -2.10. The number of aromatic amines is 1. The monoisotopic (exact) mass is 499 g/mol. The molecule has 0 aliphatic carbocycles. The second kappa shape index (κ2) is 9.05. The standard InChI is InChI=1S/C26H18ClN5O2S/c27-18-12-10-17(11-13-18)24-30-31-26(32(24)14-16-6-2-1-3-7-16)35-15-21-28-22-19-8-4-5-9-20(19)34-23(22)25(33)29-21/h1-13H,14-15H2,(H,28,29,33). The van der Waals surface area contributed by atoms with Crippen LogP contribution in [0.4, 0.5) is 0 Å². The first kappa shape index (κ1) is 21.6. The van der Waals surface area contributed by atoms with Gasteiger partial charge in [-0.2, -0.15) is 0 Å². The van der Waals surface area contributed by atoms with E-state index in [9.17, 15) is 4.79 Å². The number of hydrogen-bond acceptors (Lipinski definition) is 6. The molecule has 0 radical (unpaired) electrons. The number of H-pyrrole nitrogens is 1. The van der Waals surface area contributed by atoms with E-state index in [0.29, 0.717) is 34.2 Å². The molecule has 0 saturated heterocycles. The largest absolute Gasteiger partial charge is 0.449 e. The summed E-state index contributed by atoms with van der Waals surface area (Å²) in [6.45, 7) is 0.601. The van der Waals surface area contributed by atoms with Gasteiger partial charge in [-0.1, -0.05) is 65.8 Å². The van der Waals surface area contributed by atoms with Crippen LogP contribution in [0.3, 0.4) is 0 Å². The zero-order valence-electron chi connectivity index (χ0n) is 18.3. The van der Waals surface area contributed by atoms with Crippen LogP contribution in [0.15, 0.2) is 93.2 Å². The average molecular weight is 500 g/mol. The second-order valence-corrected chi connectivity index (χ2v) is 9.34. The number of rotatable bonds is 6. The fraction of sp³-hybridized carbons (Fsp3) is 0.0769. The first-order valence-corrected chi connectivity index (χ1v) is 12.3. The zero-order valence-corrected chi connectivity index (χ0v) is 19.9. The van der Waals surface area contributed by atoms with E-state index in [2.05, 4.69) is 36.9 Å². The molecule has 172 valence electrons. The Morgan fingerprint density at radius 1 is 0.943 bits per heavy atom. The summed E-state index contributed by atoms with van der Waals surface area (Å²) in [5, 5.41) is 11.1. The van der Waals surface area contributed by atoms with E-state index in [0.717, 1.165) is 27.5 Å². The van der Waals surface area contributed by atoms with Crippen LogP contribution in [-0.4, -0.2) is 24.7 Å². The smallest absolute Gasteiger partial charge is 0.294 e. The molecule has 1 N–H and O–H groups in total. The van der Waals surface area contributed by atoms with Gasteiger partial charge in [0.1, 0.15) is 16.9 Å². The molecule has 3 heterocycles. The Bertz CT molecular complexity index is 1710. The molecule has 0 bridgehead atoms. The van der Waals surface area contributed by atoms with Gasteiger partial charge in [0.2, 0.25) is 5.58 Å². The van der Waals surface area contributed by atoms with E-state index in [-0.39, 0.29) is 11.1 Å². The number of aromatic nitrogens is 5. The Balaban J connectivity index is 1.35. The van der Waals surface area contributed by atoms with Crippen molar-refractivity contribution < 1.29 is 4.42 Å². The van der Waals surface area contributed by atoms with Gasteiger partial charge in [-0.05, 0) is 42.0 Å². The maximum absolute atomic E-state index is 12.7. The first-order chi connectivity index (χ1) is 17.2. The molecule has 35 heavy (non-hydrogen) atoms. The van der Waals surface area contributed by atoms with Crippen LogP contribution in [0.1, 0.15) is 11.4 Å². The number of thioether (sulfide) groups is 1. The molecule has 6 aromatic rings. The summed E-state index contributed by atoms with van der Waals surface area (Å²) in [5.41, 5.74) is 3.18. The predicted molar refractivity (Wildman–Crippen MR) is 138 cm³/mol. The molecule has 9 heteroatoms. The minimum atomic E-state index is -0.297. The maximum atomic E-state index is 12.7. The zero-order chi connectivity index (χ0) is 23.8. The number of benzene rings is 3. The molecule has 3 aromatic heterocycles. The molecule has 0 atom stereocenters. The van der Waals surface area contributed by atoms with E-state index >= 15 is 0 Å². The van der Waals surface area contributed by atoms with Gasteiger partial charge in [0.25, 0.3) is 5.56 Å². The van der Waals surface area contributed by atoms with Gasteiger partial charge >= 0.3 is 0 Å². The Kier molecular flexibility index (Phi) is 5.60. The van der Waals surface area contributed by atoms with Gasteiger partial charge in [0, 0.05) is 16.0 Å². The lowest BCUT2D eigenvalue weighted by molar-refractivity contribution is 0.660. The quantitative estimate of drug-likeness (QED) is 0.286. The number of furan rings is 1. The number of hydrogen-bond donors (Lipinski definition) is 1. The number of nitrogens with zero attached hydrogens (tertiary/aromatic N) is 4. The molecule has 6 rings (SSSR count). The molecule has 7 nitrogen and oxygen atoms in total. The number of fused-ring (bicyclic) bond motifs is 3. The fourth-order valence-electron chi connectivity index (χ4n) is 3.97. The van der Waals surface area contributed by atoms with Gasteiger partial charge in [0.15, 0.2) is 11.0 Å². The predicted octanol–water partition coefficient (Wildman–Crippen LogP) is 5.92. The first-order valence-electron chi connectivity index (χ1n) is 10.9. The summed E-state index contributed by atoms with van der Waals surface area (Å²) in [6.07, 6.45) is 0. The summed E-state index contributed by atoms with van der Waals surface area (Å²) < 4.78 is 7.76. The molecule has 0 aliphatic heterocycles. The van der Waals surface area contributed by atoms with E-state index in [1.54, 1.807) is 0 Å². The minimum Gasteiger partial charge on any atom is -0.449 e. The van der Waals surface area contributed by atoms with Crippen molar-refractivity contribution in [2.75, 3.05) is 0 Å². The normalized spacial score (nSPS) is 11.5. The molecule has 0 saturated carbocycles. The number of para-hydroxylation sites is 1. The van der Waals surface area contributed by atoms with Crippen LogP contribution < -0.4 is 5.56 Å². The summed E-state index contributed by atoms with van der Waals surface area (Å²) in [5.74, 6) is 1.70. The number of nitrogens with one attached hydrogen (secondary N) is 1. The van der Waals surface area contributed by atoms with Crippen molar-refractivity contribution in [2.24, 2.45) is 0 Å². The highest BCUT2D eigenvalue weighted by molar-refractivity contribution is 7.98. The highest BCUT2D eigenvalue weighted by atomic mass is 35.5. The minimum absolute atomic E-state index is 0.234. The summed E-state index contributed by atoms with van der Waals surface area (Å²) >= 11 is 7.55. The van der Waals surface area contributed by atoms with Crippen molar-refractivity contribution >= 4 is 45.4 Å². The molecule has 0 fully saturated rings. The Morgan fingerprint density at radius 2 is 1.71 bits per heavy atom. The van der Waals surface area contributed by atoms with Crippen molar-refractivity contribution in [3.05, 3.63) is 106 Å². The average Bonchev–Trinajstić information content (AvgIpc) is 3.46. The van der Waals surface area contributed by atoms with E-state index in [4.69, 9.17) is 16.0 Å². The van der Waals surface area contributed by atoms with Crippen molar-refractivity contribution in [2.45, 2.75) is 17.5 Å². The van der Waals surface area contributed by atoms with Crippen molar-refractivity contribution in [3.8, 4) is 11.4 Å². The SMILES string of the molecule is O=c1[nH]c(CSc2nnc(-c3ccc(Cl)cc3)n2Cc2ccccc2)nc2c1oc1ccccc12. The third kappa shape index (κ3) is 4.22. The highest BCUT2D eigenvalue weighted by Gasteiger charge is 2.17. The molecule has 3 aromatic carbocycles. The topological polar surface area (TPSA) is 89.6 Å². The second-order valence-electron chi connectivity index (χ2n) is 7.96. The molecular weight excluding hydrogens is 482 g/mol. The maximum Gasteiger partial charge on any atom is 0.294 e. The Hall–Kier alpha value is -3.88. The van der Waals surface area contributed by atoms with Crippen LogP contribution >= 0.6 is 23.4 Å². The van der Waals surface area contributed by atoms with Gasteiger partial charge in [0.05, 0.1) is 12.3 Å². The highest BCUT2D eigenvalue weighted by Crippen LogP contribution is 2.29. The van der Waals surface area contributed by atoms with Gasteiger partial charge in [-0.25, -0.2) is 4.98 Å². The molecule has 0 spiro atoms. The van der Waals surface area contributed by atoms with Crippen LogP contribution in [0.2, 0.25) is 5.02 Å². The van der Waals surface area contributed by atoms with E-state index in [1.165, 1.54) is 11.8 Å². The molecule has 0 amide bonds. The van der Waals surface area contributed by atoms with Gasteiger partial charge in [-0.3, -0.25) is 9.36 Å². The van der Waals surface area contributed by atoms with Crippen molar-refractivity contribution in [1.82, 2.24) is 24.7 Å². The molecule has 0 aliphatic rings. The third-order valence-corrected chi connectivity index (χ3v) is 6.85.